The Balaban J connectivity index is 1.41. The van der Waals surface area contributed by atoms with Crippen LogP contribution in [0.2, 0.25) is 0 Å². The highest BCUT2D eigenvalue weighted by Gasteiger charge is 2.32. The molecule has 2 aliphatic rings. The smallest absolute Gasteiger partial charge is 0.231 e. The van der Waals surface area contributed by atoms with Gasteiger partial charge in [-0.3, -0.25) is 4.79 Å². The van der Waals surface area contributed by atoms with Gasteiger partial charge in [0.25, 0.3) is 0 Å². The first-order chi connectivity index (χ1) is 12.8. The van der Waals surface area contributed by atoms with Crippen LogP contribution < -0.4 is 9.64 Å². The van der Waals surface area contributed by atoms with Gasteiger partial charge in [0.05, 0.1) is 17.8 Å². The first-order valence-electron chi connectivity index (χ1n) is 8.87. The van der Waals surface area contributed by atoms with Crippen molar-refractivity contribution in [1.29, 1.82) is 0 Å². The van der Waals surface area contributed by atoms with Gasteiger partial charge in [-0.1, -0.05) is 18.2 Å². The van der Waals surface area contributed by atoms with E-state index in [-0.39, 0.29) is 5.91 Å². The second-order valence-corrected chi connectivity index (χ2v) is 7.64. The van der Waals surface area contributed by atoms with E-state index in [9.17, 15) is 4.79 Å². The molecular weight excluding hydrogens is 344 g/mol. The summed E-state index contributed by atoms with van der Waals surface area (Å²) in [6, 6.07) is 14.1. The Bertz CT molecular complexity index is 981. The second kappa shape index (κ2) is 6.25. The van der Waals surface area contributed by atoms with Crippen LogP contribution in [0.1, 0.15) is 22.6 Å². The molecule has 0 saturated heterocycles. The van der Waals surface area contributed by atoms with Gasteiger partial charge in [0.15, 0.2) is 0 Å². The van der Waals surface area contributed by atoms with Crippen LogP contribution in [0.5, 0.6) is 5.75 Å². The van der Waals surface area contributed by atoms with Gasteiger partial charge in [-0.05, 0) is 48.2 Å². The number of carbonyl (C=O) groups excluding carboxylic acids is 1. The lowest BCUT2D eigenvalue weighted by atomic mass is 9.96. The Kier molecular flexibility index (Phi) is 3.75. The van der Waals surface area contributed by atoms with Crippen LogP contribution in [-0.2, 0) is 24.2 Å². The number of aromatic nitrogens is 1. The van der Waals surface area contributed by atoms with Crippen molar-refractivity contribution >= 4 is 22.9 Å². The molecule has 26 heavy (non-hydrogen) atoms. The van der Waals surface area contributed by atoms with Crippen LogP contribution >= 0.6 is 11.3 Å². The van der Waals surface area contributed by atoms with Crippen LogP contribution in [0, 0.1) is 0 Å². The Morgan fingerprint density at radius 3 is 2.88 bits per heavy atom. The number of ether oxygens (including phenoxy) is 1. The molecule has 1 aromatic heterocycles. The van der Waals surface area contributed by atoms with Crippen molar-refractivity contribution in [2.24, 2.45) is 0 Å². The number of hydrogen-bond acceptors (Lipinski definition) is 4. The first kappa shape index (κ1) is 15.6. The monoisotopic (exact) mass is 362 g/mol. The highest BCUT2D eigenvalue weighted by atomic mass is 32.1. The molecule has 3 heterocycles. The average Bonchev–Trinajstić information content (AvgIpc) is 3.27. The molecule has 0 unspecified atom stereocenters. The number of nitrogens with zero attached hydrogens (tertiary/aromatic N) is 2. The molecule has 0 aliphatic carbocycles. The molecule has 2 aromatic carbocycles. The molecule has 0 radical (unpaired) electrons. The zero-order valence-electron chi connectivity index (χ0n) is 14.3. The fraction of sp³-hybridized carbons (Fsp3) is 0.238. The van der Waals surface area contributed by atoms with E-state index in [1.165, 1.54) is 5.56 Å². The summed E-state index contributed by atoms with van der Waals surface area (Å²) in [6.07, 6.45) is 2.59. The maximum atomic E-state index is 12.2. The lowest BCUT2D eigenvalue weighted by Gasteiger charge is -2.25. The summed E-state index contributed by atoms with van der Waals surface area (Å²) in [6.45, 7) is 1.33. The van der Waals surface area contributed by atoms with Crippen LogP contribution in [0.25, 0.3) is 11.3 Å². The summed E-state index contributed by atoms with van der Waals surface area (Å²) in [7, 11) is 0. The molecule has 130 valence electrons. The van der Waals surface area contributed by atoms with Gasteiger partial charge in [0.2, 0.25) is 5.91 Å². The first-order valence-corrected chi connectivity index (χ1v) is 9.75. The van der Waals surface area contributed by atoms with Gasteiger partial charge >= 0.3 is 0 Å². The third-order valence-corrected chi connectivity index (χ3v) is 5.78. The maximum absolute atomic E-state index is 12.2. The van der Waals surface area contributed by atoms with Gasteiger partial charge in [0.1, 0.15) is 17.4 Å². The Morgan fingerprint density at radius 2 is 2.00 bits per heavy atom. The highest BCUT2D eigenvalue weighted by molar-refractivity contribution is 7.09. The molecule has 1 amide bonds. The zero-order chi connectivity index (χ0) is 17.5. The van der Waals surface area contributed by atoms with E-state index < -0.39 is 0 Å². The normalized spacial score (nSPS) is 15.2. The average molecular weight is 362 g/mol. The summed E-state index contributed by atoms with van der Waals surface area (Å²) >= 11 is 1.61. The van der Waals surface area contributed by atoms with E-state index in [4.69, 9.17) is 9.72 Å². The molecule has 0 atom stereocenters. The molecule has 0 N–H and O–H groups in total. The molecule has 0 bridgehead atoms. The van der Waals surface area contributed by atoms with E-state index in [2.05, 4.69) is 17.5 Å². The summed E-state index contributed by atoms with van der Waals surface area (Å²) in [5.41, 5.74) is 5.67. The van der Waals surface area contributed by atoms with Crippen molar-refractivity contribution in [1.82, 2.24) is 4.98 Å². The third kappa shape index (κ3) is 2.69. The maximum Gasteiger partial charge on any atom is 0.231 e. The summed E-state index contributed by atoms with van der Waals surface area (Å²) in [5.74, 6) is 1.08. The van der Waals surface area contributed by atoms with E-state index in [0.29, 0.717) is 13.0 Å². The van der Waals surface area contributed by atoms with Gasteiger partial charge in [-0.15, -0.1) is 11.3 Å². The molecule has 5 rings (SSSR count). The van der Waals surface area contributed by atoms with Gasteiger partial charge in [-0.25, -0.2) is 4.98 Å². The largest absolute Gasteiger partial charge is 0.486 e. The number of carbonyl (C=O) groups is 1. The molecule has 4 nitrogen and oxygen atoms in total. The fourth-order valence-electron chi connectivity index (χ4n) is 3.80. The zero-order valence-corrected chi connectivity index (χ0v) is 15.1. The molecule has 0 saturated carbocycles. The summed E-state index contributed by atoms with van der Waals surface area (Å²) < 4.78 is 5.79. The van der Waals surface area contributed by atoms with Crippen molar-refractivity contribution < 1.29 is 9.53 Å². The number of benzene rings is 2. The number of hydrogen-bond donors (Lipinski definition) is 0. The Hall–Kier alpha value is -2.66. The van der Waals surface area contributed by atoms with Crippen molar-refractivity contribution in [3.8, 4) is 17.0 Å². The standard InChI is InChI=1S/C21H18N2O2S/c24-20-11-16-10-15(9-14-5-4-8-23(20)21(14)16)18-13-26-19(22-18)12-25-17-6-2-1-3-7-17/h1-3,6-7,9-10,13H,4-5,8,11-12H2. The minimum Gasteiger partial charge on any atom is -0.486 e. The molecule has 5 heteroatoms. The van der Waals surface area contributed by atoms with Crippen molar-refractivity contribution in [3.63, 3.8) is 0 Å². The lowest BCUT2D eigenvalue weighted by Crippen LogP contribution is -2.31. The molecule has 3 aromatic rings. The predicted octanol–water partition coefficient (Wildman–Crippen LogP) is 4.22. The topological polar surface area (TPSA) is 42.4 Å². The van der Waals surface area contributed by atoms with Gasteiger partial charge in [0, 0.05) is 17.5 Å². The summed E-state index contributed by atoms with van der Waals surface area (Å²) in [5, 5.41) is 3.03. The number of rotatable bonds is 4. The van der Waals surface area contributed by atoms with Crippen LogP contribution in [-0.4, -0.2) is 17.4 Å². The van der Waals surface area contributed by atoms with Crippen LogP contribution in [0.3, 0.4) is 0 Å². The fourth-order valence-corrected chi connectivity index (χ4v) is 4.51. The predicted molar refractivity (Wildman–Crippen MR) is 103 cm³/mol. The molecule has 0 spiro atoms. The van der Waals surface area contributed by atoms with Crippen molar-refractivity contribution in [2.45, 2.75) is 25.9 Å². The highest BCUT2D eigenvalue weighted by Crippen LogP contribution is 2.39. The molecule has 2 aliphatic heterocycles. The summed E-state index contributed by atoms with van der Waals surface area (Å²) in [4.78, 5) is 18.9. The minimum atomic E-state index is 0.230. The van der Waals surface area contributed by atoms with Gasteiger partial charge < -0.3 is 9.64 Å². The molecular formula is C21H18N2O2S. The number of thiazole rings is 1. The van der Waals surface area contributed by atoms with E-state index in [1.54, 1.807) is 11.3 Å². The number of amides is 1. The van der Waals surface area contributed by atoms with Gasteiger partial charge in [-0.2, -0.15) is 0 Å². The third-order valence-electron chi connectivity index (χ3n) is 4.96. The second-order valence-electron chi connectivity index (χ2n) is 6.70. The van der Waals surface area contributed by atoms with Crippen molar-refractivity contribution in [2.75, 3.05) is 11.4 Å². The Morgan fingerprint density at radius 1 is 1.15 bits per heavy atom. The van der Waals surface area contributed by atoms with Crippen LogP contribution in [0.4, 0.5) is 5.69 Å². The number of aryl methyl sites for hydroxylation is 1. The lowest BCUT2D eigenvalue weighted by molar-refractivity contribution is -0.117. The van der Waals surface area contributed by atoms with E-state index >= 15 is 0 Å². The quantitative estimate of drug-likeness (QED) is 0.698. The van der Waals surface area contributed by atoms with Crippen LogP contribution in [0.15, 0.2) is 47.8 Å². The number of anilines is 1. The Labute approximate surface area is 156 Å². The van der Waals surface area contributed by atoms with Crippen molar-refractivity contribution in [3.05, 3.63) is 64.0 Å². The van der Waals surface area contributed by atoms with E-state index in [1.807, 2.05) is 35.2 Å². The van der Waals surface area contributed by atoms with E-state index in [0.717, 1.165) is 52.7 Å². The minimum absolute atomic E-state index is 0.230. The number of para-hydroxylation sites is 1. The SMILES string of the molecule is O=C1Cc2cc(-c3csc(COc4ccccc4)n3)cc3c2N1CCC3. The molecule has 0 fully saturated rings.